The van der Waals surface area contributed by atoms with E-state index in [0.717, 1.165) is 24.9 Å². The lowest BCUT2D eigenvalue weighted by Gasteiger charge is -2.26. The van der Waals surface area contributed by atoms with E-state index in [1.165, 1.54) is 32.1 Å². The van der Waals surface area contributed by atoms with Crippen molar-refractivity contribution in [2.75, 3.05) is 18.4 Å². The Kier molecular flexibility index (Phi) is 5.03. The molecule has 0 unspecified atom stereocenters. The molecular formula is C17H26N2O2S. The number of nitrogens with zero attached hydrogens (tertiary/aromatic N) is 1. The molecule has 5 heteroatoms. The zero-order chi connectivity index (χ0) is 15.4. The van der Waals surface area contributed by atoms with Crippen LogP contribution in [0.2, 0.25) is 0 Å². The van der Waals surface area contributed by atoms with Crippen molar-refractivity contribution in [1.29, 1.82) is 0 Å². The van der Waals surface area contributed by atoms with Crippen LogP contribution in [-0.4, -0.2) is 31.9 Å². The zero-order valence-electron chi connectivity index (χ0n) is 13.1. The van der Waals surface area contributed by atoms with Crippen molar-refractivity contribution in [2.24, 2.45) is 0 Å². The molecule has 0 aromatic heterocycles. The van der Waals surface area contributed by atoms with E-state index >= 15 is 0 Å². The molecule has 22 heavy (non-hydrogen) atoms. The van der Waals surface area contributed by atoms with Gasteiger partial charge in [0, 0.05) is 24.8 Å². The van der Waals surface area contributed by atoms with Crippen molar-refractivity contribution in [1.82, 2.24) is 4.31 Å². The third-order valence-electron chi connectivity index (χ3n) is 4.78. The monoisotopic (exact) mass is 322 g/mol. The predicted molar refractivity (Wildman–Crippen MR) is 89.5 cm³/mol. The summed E-state index contributed by atoms with van der Waals surface area (Å²) in [5.74, 6) is 0. The van der Waals surface area contributed by atoms with Crippen molar-refractivity contribution in [3.63, 3.8) is 0 Å². The summed E-state index contributed by atoms with van der Waals surface area (Å²) in [4.78, 5) is 0.420. The maximum absolute atomic E-state index is 12.6. The predicted octanol–water partition coefficient (Wildman–Crippen LogP) is 3.61. The van der Waals surface area contributed by atoms with Gasteiger partial charge in [0.25, 0.3) is 0 Å². The van der Waals surface area contributed by atoms with Gasteiger partial charge in [0.05, 0.1) is 4.90 Å². The molecule has 0 bridgehead atoms. The van der Waals surface area contributed by atoms with Crippen molar-refractivity contribution >= 4 is 15.7 Å². The van der Waals surface area contributed by atoms with Crippen LogP contribution in [0, 0.1) is 0 Å². The molecule has 3 rings (SSSR count). The molecule has 1 heterocycles. The molecule has 0 atom stereocenters. The van der Waals surface area contributed by atoms with E-state index in [1.54, 1.807) is 16.4 Å². The third kappa shape index (κ3) is 3.63. The SMILES string of the molecule is O=S(=O)(c1ccc(NC2CCCCC2)cc1)N1CCCCC1. The van der Waals surface area contributed by atoms with Crippen molar-refractivity contribution in [2.45, 2.75) is 62.3 Å². The topological polar surface area (TPSA) is 49.4 Å². The molecule has 1 aliphatic carbocycles. The Balaban J connectivity index is 1.67. The van der Waals surface area contributed by atoms with Gasteiger partial charge in [0.1, 0.15) is 0 Å². The smallest absolute Gasteiger partial charge is 0.243 e. The minimum atomic E-state index is -3.31. The number of benzene rings is 1. The number of nitrogens with one attached hydrogen (secondary N) is 1. The summed E-state index contributed by atoms with van der Waals surface area (Å²) in [6.45, 7) is 1.31. The minimum absolute atomic E-state index is 0.420. The summed E-state index contributed by atoms with van der Waals surface area (Å²) in [5, 5.41) is 3.53. The average Bonchev–Trinajstić information content (AvgIpc) is 2.57. The van der Waals surface area contributed by atoms with Crippen LogP contribution < -0.4 is 5.32 Å². The molecule has 0 radical (unpaired) electrons. The van der Waals surface area contributed by atoms with Crippen LogP contribution in [0.15, 0.2) is 29.2 Å². The van der Waals surface area contributed by atoms with E-state index in [9.17, 15) is 8.42 Å². The molecule has 1 saturated carbocycles. The van der Waals surface area contributed by atoms with Gasteiger partial charge in [0.2, 0.25) is 10.0 Å². The second-order valence-corrected chi connectivity index (χ2v) is 8.41. The third-order valence-corrected chi connectivity index (χ3v) is 6.70. The van der Waals surface area contributed by atoms with Crippen LogP contribution in [-0.2, 0) is 10.0 Å². The Morgan fingerprint density at radius 1 is 0.864 bits per heavy atom. The van der Waals surface area contributed by atoms with E-state index in [2.05, 4.69) is 5.32 Å². The first kappa shape index (κ1) is 15.8. The standard InChI is InChI=1S/C17H26N2O2S/c20-22(21,19-13-5-2-6-14-19)17-11-9-16(10-12-17)18-15-7-3-1-4-8-15/h9-12,15,18H,1-8,13-14H2. The minimum Gasteiger partial charge on any atom is -0.382 e. The summed E-state index contributed by atoms with van der Waals surface area (Å²) in [6.07, 6.45) is 9.43. The maximum Gasteiger partial charge on any atom is 0.243 e. The molecule has 2 aliphatic rings. The Morgan fingerprint density at radius 3 is 2.09 bits per heavy atom. The van der Waals surface area contributed by atoms with Crippen LogP contribution in [0.25, 0.3) is 0 Å². The van der Waals surface area contributed by atoms with Crippen LogP contribution in [0.1, 0.15) is 51.4 Å². The summed E-state index contributed by atoms with van der Waals surface area (Å²) >= 11 is 0. The molecule has 0 amide bonds. The summed E-state index contributed by atoms with van der Waals surface area (Å²) in [7, 11) is -3.31. The fourth-order valence-corrected chi connectivity index (χ4v) is 4.98. The summed E-state index contributed by atoms with van der Waals surface area (Å²) in [6, 6.07) is 7.85. The number of piperidine rings is 1. The molecule has 1 saturated heterocycles. The van der Waals surface area contributed by atoms with Crippen molar-refractivity contribution in [3.8, 4) is 0 Å². The van der Waals surface area contributed by atoms with Crippen molar-refractivity contribution < 1.29 is 8.42 Å². The number of hydrogen-bond donors (Lipinski definition) is 1. The van der Waals surface area contributed by atoms with Gasteiger partial charge in [-0.05, 0) is 49.9 Å². The van der Waals surface area contributed by atoms with Gasteiger partial charge in [-0.15, -0.1) is 0 Å². The number of sulfonamides is 1. The Labute approximate surface area is 134 Å². The second kappa shape index (κ2) is 7.01. The number of hydrogen-bond acceptors (Lipinski definition) is 3. The molecule has 2 fully saturated rings. The van der Waals surface area contributed by atoms with Gasteiger partial charge in [0.15, 0.2) is 0 Å². The maximum atomic E-state index is 12.6. The molecule has 1 N–H and O–H groups in total. The zero-order valence-corrected chi connectivity index (χ0v) is 13.9. The number of anilines is 1. The second-order valence-electron chi connectivity index (χ2n) is 6.47. The first-order chi connectivity index (χ1) is 10.7. The first-order valence-corrected chi connectivity index (χ1v) is 9.97. The lowest BCUT2D eigenvalue weighted by Crippen LogP contribution is -2.35. The highest BCUT2D eigenvalue weighted by Crippen LogP contribution is 2.24. The fraction of sp³-hybridized carbons (Fsp3) is 0.647. The fourth-order valence-electron chi connectivity index (χ4n) is 3.46. The van der Waals surface area contributed by atoms with E-state index in [4.69, 9.17) is 0 Å². The van der Waals surface area contributed by atoms with Gasteiger partial charge in [-0.3, -0.25) is 0 Å². The molecule has 1 aromatic rings. The van der Waals surface area contributed by atoms with Gasteiger partial charge >= 0.3 is 0 Å². The van der Waals surface area contributed by atoms with Gasteiger partial charge in [-0.25, -0.2) is 8.42 Å². The summed E-state index contributed by atoms with van der Waals surface area (Å²) in [5.41, 5.74) is 1.03. The molecule has 0 spiro atoms. The average molecular weight is 322 g/mol. The molecule has 1 aliphatic heterocycles. The summed E-state index contributed by atoms with van der Waals surface area (Å²) < 4.78 is 26.8. The van der Waals surface area contributed by atoms with E-state index in [0.29, 0.717) is 24.0 Å². The highest BCUT2D eigenvalue weighted by Gasteiger charge is 2.25. The van der Waals surface area contributed by atoms with Gasteiger partial charge < -0.3 is 5.32 Å². The van der Waals surface area contributed by atoms with Crippen LogP contribution >= 0.6 is 0 Å². The van der Waals surface area contributed by atoms with Crippen molar-refractivity contribution in [3.05, 3.63) is 24.3 Å². The van der Waals surface area contributed by atoms with Crippen LogP contribution in [0.5, 0.6) is 0 Å². The highest BCUT2D eigenvalue weighted by molar-refractivity contribution is 7.89. The Bertz CT molecular complexity index is 571. The van der Waals surface area contributed by atoms with E-state index in [1.807, 2.05) is 12.1 Å². The van der Waals surface area contributed by atoms with E-state index in [-0.39, 0.29) is 0 Å². The number of rotatable bonds is 4. The molecule has 4 nitrogen and oxygen atoms in total. The lowest BCUT2D eigenvalue weighted by molar-refractivity contribution is 0.346. The molecule has 1 aromatic carbocycles. The highest BCUT2D eigenvalue weighted by atomic mass is 32.2. The first-order valence-electron chi connectivity index (χ1n) is 8.53. The quantitative estimate of drug-likeness (QED) is 0.921. The lowest BCUT2D eigenvalue weighted by atomic mass is 9.95. The Morgan fingerprint density at radius 2 is 1.45 bits per heavy atom. The van der Waals surface area contributed by atoms with Crippen LogP contribution in [0.3, 0.4) is 0 Å². The normalized spacial score (nSPS) is 21.6. The van der Waals surface area contributed by atoms with Gasteiger partial charge in [-0.1, -0.05) is 25.7 Å². The van der Waals surface area contributed by atoms with E-state index < -0.39 is 10.0 Å². The Hall–Kier alpha value is -1.07. The largest absolute Gasteiger partial charge is 0.382 e. The van der Waals surface area contributed by atoms with Crippen LogP contribution in [0.4, 0.5) is 5.69 Å². The van der Waals surface area contributed by atoms with Gasteiger partial charge in [-0.2, -0.15) is 4.31 Å². The molecular weight excluding hydrogens is 296 g/mol. The molecule has 122 valence electrons.